The van der Waals surface area contributed by atoms with E-state index in [1.807, 2.05) is 0 Å². The molecule has 2 N–H and O–H groups in total. The lowest BCUT2D eigenvalue weighted by Gasteiger charge is -2.14. The van der Waals surface area contributed by atoms with Crippen molar-refractivity contribution in [2.75, 3.05) is 0 Å². The highest BCUT2D eigenvalue weighted by Gasteiger charge is 2.31. The molecule has 0 unspecified atom stereocenters. The number of esters is 1. The van der Waals surface area contributed by atoms with E-state index in [1.165, 1.54) is 0 Å². The summed E-state index contributed by atoms with van der Waals surface area (Å²) in [5.41, 5.74) is 6.57. The third-order valence-electron chi connectivity index (χ3n) is 3.08. The summed E-state index contributed by atoms with van der Waals surface area (Å²) in [6.45, 7) is 0.143. The van der Waals surface area contributed by atoms with E-state index < -0.39 is 0 Å². The molecule has 2 rings (SSSR count). The fourth-order valence-electron chi connectivity index (χ4n) is 2.14. The van der Waals surface area contributed by atoms with Crippen LogP contribution in [-0.4, -0.2) is 17.0 Å². The van der Waals surface area contributed by atoms with E-state index in [9.17, 15) is 4.79 Å². The Bertz CT molecular complexity index is 436. The summed E-state index contributed by atoms with van der Waals surface area (Å²) in [5.74, 6) is -0.429. The van der Waals surface area contributed by atoms with E-state index in [-0.39, 0.29) is 47.2 Å². The molecule has 1 aliphatic rings. The zero-order chi connectivity index (χ0) is 13.1. The van der Waals surface area contributed by atoms with Crippen molar-refractivity contribution in [3.63, 3.8) is 0 Å². The minimum atomic E-state index is -0.246. The van der Waals surface area contributed by atoms with Crippen LogP contribution >= 0.6 is 35.6 Å². The molecule has 1 aromatic rings. The smallest absolute Gasteiger partial charge is 0.310 e. The number of hydrogen-bond donors (Lipinski definition) is 1. The summed E-state index contributed by atoms with van der Waals surface area (Å²) in [4.78, 5) is 15.6. The minimum Gasteiger partial charge on any atom is -0.461 e. The van der Waals surface area contributed by atoms with Gasteiger partial charge in [0.25, 0.3) is 0 Å². The zero-order valence-electron chi connectivity index (χ0n) is 10.1. The molecular formula is C12H15Cl3N2O2. The lowest BCUT2D eigenvalue weighted by atomic mass is 10.1. The van der Waals surface area contributed by atoms with Crippen LogP contribution in [0.15, 0.2) is 12.1 Å². The molecule has 0 aromatic carbocycles. The van der Waals surface area contributed by atoms with Gasteiger partial charge in [-0.1, -0.05) is 29.6 Å². The lowest BCUT2D eigenvalue weighted by molar-refractivity contribution is -0.150. The fourth-order valence-corrected chi connectivity index (χ4v) is 2.65. The van der Waals surface area contributed by atoms with Gasteiger partial charge in [-0.3, -0.25) is 4.79 Å². The number of pyridine rings is 1. The topological polar surface area (TPSA) is 65.2 Å². The van der Waals surface area contributed by atoms with Crippen LogP contribution in [0, 0.1) is 5.92 Å². The first-order valence-corrected chi connectivity index (χ1v) is 6.56. The maximum Gasteiger partial charge on any atom is 0.310 e. The van der Waals surface area contributed by atoms with E-state index >= 15 is 0 Å². The van der Waals surface area contributed by atoms with Crippen molar-refractivity contribution in [2.45, 2.75) is 31.9 Å². The Morgan fingerprint density at radius 3 is 2.53 bits per heavy atom. The highest BCUT2D eigenvalue weighted by atomic mass is 35.5. The van der Waals surface area contributed by atoms with Gasteiger partial charge in [0.1, 0.15) is 16.9 Å². The van der Waals surface area contributed by atoms with Gasteiger partial charge in [-0.2, -0.15) is 0 Å². The van der Waals surface area contributed by atoms with Gasteiger partial charge in [0.05, 0.1) is 5.92 Å². The van der Waals surface area contributed by atoms with E-state index in [4.69, 9.17) is 33.7 Å². The van der Waals surface area contributed by atoms with Crippen molar-refractivity contribution < 1.29 is 9.53 Å². The number of halogens is 3. The number of ether oxygens (including phenoxy) is 1. The van der Waals surface area contributed by atoms with Crippen LogP contribution in [0.25, 0.3) is 0 Å². The van der Waals surface area contributed by atoms with E-state index in [0.29, 0.717) is 0 Å². The van der Waals surface area contributed by atoms with Crippen molar-refractivity contribution in [3.8, 4) is 0 Å². The molecule has 106 valence electrons. The molecule has 0 aliphatic heterocycles. The molecule has 0 spiro atoms. The van der Waals surface area contributed by atoms with Gasteiger partial charge in [0.2, 0.25) is 0 Å². The Balaban J connectivity index is 0.00000180. The average molecular weight is 326 g/mol. The summed E-state index contributed by atoms with van der Waals surface area (Å²) < 4.78 is 5.23. The molecular weight excluding hydrogens is 311 g/mol. The van der Waals surface area contributed by atoms with Gasteiger partial charge >= 0.3 is 5.97 Å². The second-order valence-corrected chi connectivity index (χ2v) is 5.20. The average Bonchev–Trinajstić information content (AvgIpc) is 2.71. The second kappa shape index (κ2) is 7.29. The van der Waals surface area contributed by atoms with Gasteiger partial charge in [0, 0.05) is 6.04 Å². The van der Waals surface area contributed by atoms with Crippen molar-refractivity contribution >= 4 is 41.6 Å². The van der Waals surface area contributed by atoms with E-state index in [2.05, 4.69) is 4.98 Å². The number of nitrogens with zero attached hydrogens (tertiary/aromatic N) is 1. The van der Waals surface area contributed by atoms with Crippen molar-refractivity contribution in [1.82, 2.24) is 4.98 Å². The van der Waals surface area contributed by atoms with Crippen LogP contribution in [0.5, 0.6) is 0 Å². The highest BCUT2D eigenvalue weighted by Crippen LogP contribution is 2.25. The number of rotatable bonds is 3. The molecule has 7 heteroatoms. The first-order chi connectivity index (χ1) is 8.56. The van der Waals surface area contributed by atoms with Crippen LogP contribution in [0.1, 0.15) is 24.8 Å². The van der Waals surface area contributed by atoms with Crippen molar-refractivity contribution in [3.05, 3.63) is 28.0 Å². The summed E-state index contributed by atoms with van der Waals surface area (Å²) in [6, 6.07) is 3.16. The Kier molecular flexibility index (Phi) is 6.33. The van der Waals surface area contributed by atoms with Gasteiger partial charge in [-0.05, 0) is 30.5 Å². The number of aromatic nitrogens is 1. The number of carbonyl (C=O) groups excluding carboxylic acids is 1. The normalized spacial score (nSPS) is 21.8. The van der Waals surface area contributed by atoms with Crippen LogP contribution in [0.4, 0.5) is 0 Å². The Hall–Kier alpha value is -0.550. The van der Waals surface area contributed by atoms with Crippen LogP contribution in [-0.2, 0) is 16.1 Å². The molecule has 0 bridgehead atoms. The summed E-state index contributed by atoms with van der Waals surface area (Å²) in [7, 11) is 0. The quantitative estimate of drug-likeness (QED) is 0.685. The van der Waals surface area contributed by atoms with Gasteiger partial charge in [-0.15, -0.1) is 12.4 Å². The van der Waals surface area contributed by atoms with Gasteiger partial charge in [0.15, 0.2) is 0 Å². The lowest BCUT2D eigenvalue weighted by Crippen LogP contribution is -2.31. The maximum atomic E-state index is 11.8. The molecule has 1 aromatic heterocycles. The summed E-state index contributed by atoms with van der Waals surface area (Å²) in [5, 5.41) is 0.567. The molecule has 4 nitrogen and oxygen atoms in total. The molecule has 0 amide bonds. The molecule has 1 fully saturated rings. The molecule has 0 saturated heterocycles. The Labute approximate surface area is 128 Å². The van der Waals surface area contributed by atoms with Crippen molar-refractivity contribution in [1.29, 1.82) is 0 Å². The van der Waals surface area contributed by atoms with Crippen LogP contribution in [0.3, 0.4) is 0 Å². The molecule has 1 heterocycles. The largest absolute Gasteiger partial charge is 0.461 e. The molecule has 1 saturated carbocycles. The van der Waals surface area contributed by atoms with Crippen LogP contribution < -0.4 is 5.73 Å². The monoisotopic (exact) mass is 324 g/mol. The van der Waals surface area contributed by atoms with Gasteiger partial charge < -0.3 is 10.5 Å². The first kappa shape index (κ1) is 16.5. The third kappa shape index (κ3) is 4.49. The SMILES string of the molecule is Cl.N[C@H]1CCC[C@H]1C(=O)OCc1cc(Cl)nc(Cl)c1. The minimum absolute atomic E-state index is 0. The fraction of sp³-hybridized carbons (Fsp3) is 0.500. The standard InChI is InChI=1S/C12H14Cl2N2O2.ClH/c13-10-4-7(5-11(14)16-10)6-18-12(17)8-2-1-3-9(8)15;/h4-5,8-9H,1-3,6,15H2;1H/t8-,9+;/m1./s1. The summed E-state index contributed by atoms with van der Waals surface area (Å²) >= 11 is 11.5. The second-order valence-electron chi connectivity index (χ2n) is 4.43. The molecule has 19 heavy (non-hydrogen) atoms. The van der Waals surface area contributed by atoms with Crippen molar-refractivity contribution in [2.24, 2.45) is 11.7 Å². The van der Waals surface area contributed by atoms with Gasteiger partial charge in [-0.25, -0.2) is 4.98 Å². The maximum absolute atomic E-state index is 11.8. The Morgan fingerprint density at radius 2 is 2.00 bits per heavy atom. The first-order valence-electron chi connectivity index (χ1n) is 5.80. The molecule has 0 radical (unpaired) electrons. The molecule has 2 atom stereocenters. The predicted molar refractivity (Wildman–Crippen MR) is 76.6 cm³/mol. The molecule has 1 aliphatic carbocycles. The number of carbonyl (C=O) groups is 1. The zero-order valence-corrected chi connectivity index (χ0v) is 12.5. The number of nitrogens with two attached hydrogens (primary N) is 1. The third-order valence-corrected chi connectivity index (χ3v) is 3.46. The predicted octanol–water partition coefficient (Wildman–Crippen LogP) is 2.98. The van der Waals surface area contributed by atoms with E-state index in [1.54, 1.807) is 12.1 Å². The highest BCUT2D eigenvalue weighted by molar-refractivity contribution is 6.32. The number of hydrogen-bond acceptors (Lipinski definition) is 4. The van der Waals surface area contributed by atoms with E-state index in [0.717, 1.165) is 24.8 Å². The van der Waals surface area contributed by atoms with Crippen LogP contribution in [0.2, 0.25) is 10.3 Å². The summed E-state index contributed by atoms with van der Waals surface area (Å²) in [6.07, 6.45) is 2.67. The Morgan fingerprint density at radius 1 is 1.37 bits per heavy atom.